The Kier molecular flexibility index (Phi) is 4.30. The Morgan fingerprint density at radius 2 is 1.71 bits per heavy atom. The summed E-state index contributed by atoms with van der Waals surface area (Å²) in [5.74, 6) is 0.170. The van der Waals surface area contributed by atoms with Crippen molar-refractivity contribution in [2.24, 2.45) is 0 Å². The van der Waals surface area contributed by atoms with E-state index >= 15 is 0 Å². The fraction of sp³-hybridized carbons (Fsp3) is 0.222. The highest BCUT2D eigenvalue weighted by molar-refractivity contribution is 6.31. The zero-order valence-electron chi connectivity index (χ0n) is 12.6. The van der Waals surface area contributed by atoms with Gasteiger partial charge in [-0.3, -0.25) is 0 Å². The maximum absolute atomic E-state index is 13.5. The third-order valence-corrected chi connectivity index (χ3v) is 4.53. The van der Waals surface area contributed by atoms with Gasteiger partial charge in [-0.15, -0.1) is 0 Å². The summed E-state index contributed by atoms with van der Waals surface area (Å²) in [5, 5.41) is 0.955. The Bertz CT molecular complexity index is 797. The Balaban J connectivity index is 2.18. The average Bonchev–Trinajstić information content (AvgIpc) is 2.53. The minimum Gasteiger partial charge on any atom is -0.472 e. The van der Waals surface area contributed by atoms with E-state index < -0.39 is 11.8 Å². The zero-order valence-corrected chi connectivity index (χ0v) is 14.1. The van der Waals surface area contributed by atoms with Crippen LogP contribution in [0.3, 0.4) is 0 Å². The summed E-state index contributed by atoms with van der Waals surface area (Å²) >= 11 is 12.0. The molecular weight excluding hydrogens is 360 g/mol. The van der Waals surface area contributed by atoms with Gasteiger partial charge in [-0.05, 0) is 42.3 Å². The lowest BCUT2D eigenvalue weighted by molar-refractivity contribution is -0.230. The molecule has 1 heterocycles. The second kappa shape index (κ2) is 6.01. The van der Waals surface area contributed by atoms with Crippen LogP contribution < -0.4 is 4.74 Å². The van der Waals surface area contributed by atoms with Crippen LogP contribution in [0.4, 0.5) is 13.2 Å². The predicted octanol–water partition coefficient (Wildman–Crippen LogP) is 6.78. The van der Waals surface area contributed by atoms with E-state index in [0.717, 1.165) is 6.08 Å². The highest BCUT2D eigenvalue weighted by Crippen LogP contribution is 2.47. The Morgan fingerprint density at radius 3 is 2.29 bits per heavy atom. The molecule has 0 radical (unpaired) electrons. The highest BCUT2D eigenvalue weighted by atomic mass is 35.5. The SMILES string of the molecule is CCC1(C(F)(F)F)C=Cc2cc(Cl)cc(-c3ccc(Cl)cc3)c2O1. The molecule has 1 atom stereocenters. The molecule has 0 amide bonds. The normalized spacial score (nSPS) is 19.8. The fourth-order valence-corrected chi connectivity index (χ4v) is 3.03. The topological polar surface area (TPSA) is 9.23 Å². The molecule has 0 fully saturated rings. The van der Waals surface area contributed by atoms with Gasteiger partial charge in [-0.25, -0.2) is 0 Å². The van der Waals surface area contributed by atoms with E-state index in [0.29, 0.717) is 26.7 Å². The lowest BCUT2D eigenvalue weighted by Crippen LogP contribution is -2.49. The van der Waals surface area contributed by atoms with Crippen LogP contribution in [0.15, 0.2) is 42.5 Å². The van der Waals surface area contributed by atoms with Crippen LogP contribution in [0, 0.1) is 0 Å². The van der Waals surface area contributed by atoms with Crippen LogP contribution in [-0.4, -0.2) is 11.8 Å². The van der Waals surface area contributed by atoms with Gasteiger partial charge in [-0.1, -0.05) is 48.3 Å². The van der Waals surface area contributed by atoms with Gasteiger partial charge in [0.15, 0.2) is 0 Å². The summed E-state index contributed by atoms with van der Waals surface area (Å²) in [6.07, 6.45) is -2.28. The van der Waals surface area contributed by atoms with Crippen molar-refractivity contribution in [3.05, 3.63) is 58.1 Å². The molecule has 3 rings (SSSR count). The van der Waals surface area contributed by atoms with Crippen molar-refractivity contribution in [3.8, 4) is 16.9 Å². The summed E-state index contributed by atoms with van der Waals surface area (Å²) < 4.78 is 46.1. The van der Waals surface area contributed by atoms with Gasteiger partial charge < -0.3 is 4.74 Å². The van der Waals surface area contributed by atoms with Crippen molar-refractivity contribution in [1.82, 2.24) is 0 Å². The molecule has 0 saturated carbocycles. The van der Waals surface area contributed by atoms with Crippen molar-refractivity contribution in [2.75, 3.05) is 0 Å². The first-order valence-electron chi connectivity index (χ1n) is 7.30. The molecular formula is C18H13Cl2F3O. The van der Waals surface area contributed by atoms with E-state index in [2.05, 4.69) is 0 Å². The number of benzene rings is 2. The number of alkyl halides is 3. The standard InChI is InChI=1S/C18H13Cl2F3O/c1-2-17(18(21,22)23)8-7-12-9-14(20)10-15(16(12)24-17)11-3-5-13(19)6-4-11/h3-10H,2H2,1H3. The number of rotatable bonds is 2. The van der Waals surface area contributed by atoms with Crippen LogP contribution in [0.25, 0.3) is 17.2 Å². The minimum absolute atomic E-state index is 0.170. The van der Waals surface area contributed by atoms with E-state index in [4.69, 9.17) is 27.9 Å². The van der Waals surface area contributed by atoms with Gasteiger partial charge in [0.1, 0.15) is 5.75 Å². The molecule has 2 aromatic rings. The third-order valence-electron chi connectivity index (χ3n) is 4.06. The van der Waals surface area contributed by atoms with Gasteiger partial charge in [0.25, 0.3) is 0 Å². The molecule has 1 aliphatic rings. The molecule has 0 aromatic heterocycles. The van der Waals surface area contributed by atoms with E-state index in [1.54, 1.807) is 36.4 Å². The quantitative estimate of drug-likeness (QED) is 0.564. The van der Waals surface area contributed by atoms with Crippen molar-refractivity contribution in [1.29, 1.82) is 0 Å². The summed E-state index contributed by atoms with van der Waals surface area (Å²) in [5.41, 5.74) is -0.642. The number of hydrogen-bond acceptors (Lipinski definition) is 1. The Hall–Kier alpha value is -1.65. The first kappa shape index (κ1) is 17.2. The molecule has 0 spiro atoms. The van der Waals surface area contributed by atoms with Crippen molar-refractivity contribution < 1.29 is 17.9 Å². The van der Waals surface area contributed by atoms with Crippen molar-refractivity contribution in [3.63, 3.8) is 0 Å². The van der Waals surface area contributed by atoms with Gasteiger partial charge in [0.05, 0.1) is 0 Å². The van der Waals surface area contributed by atoms with Gasteiger partial charge in [-0.2, -0.15) is 13.2 Å². The molecule has 24 heavy (non-hydrogen) atoms. The zero-order chi connectivity index (χ0) is 17.5. The maximum Gasteiger partial charge on any atom is 0.432 e. The smallest absolute Gasteiger partial charge is 0.432 e. The lowest BCUT2D eigenvalue weighted by atomic mass is 9.92. The Morgan fingerprint density at radius 1 is 1.04 bits per heavy atom. The van der Waals surface area contributed by atoms with E-state index in [1.165, 1.54) is 13.0 Å². The van der Waals surface area contributed by atoms with Crippen LogP contribution in [-0.2, 0) is 0 Å². The first-order valence-corrected chi connectivity index (χ1v) is 8.06. The number of ether oxygens (including phenoxy) is 1. The molecule has 0 saturated heterocycles. The number of fused-ring (bicyclic) bond motifs is 1. The molecule has 2 aromatic carbocycles. The van der Waals surface area contributed by atoms with E-state index in [9.17, 15) is 13.2 Å². The highest BCUT2D eigenvalue weighted by Gasteiger charge is 2.55. The monoisotopic (exact) mass is 372 g/mol. The number of halogens is 5. The average molecular weight is 373 g/mol. The second-order valence-corrected chi connectivity index (χ2v) is 6.43. The van der Waals surface area contributed by atoms with Crippen LogP contribution in [0.1, 0.15) is 18.9 Å². The molecule has 1 nitrogen and oxygen atoms in total. The first-order chi connectivity index (χ1) is 11.3. The molecule has 126 valence electrons. The van der Waals surface area contributed by atoms with Gasteiger partial charge >= 0.3 is 6.18 Å². The van der Waals surface area contributed by atoms with Crippen molar-refractivity contribution >= 4 is 29.3 Å². The number of hydrogen-bond donors (Lipinski definition) is 0. The van der Waals surface area contributed by atoms with Crippen LogP contribution >= 0.6 is 23.2 Å². The van der Waals surface area contributed by atoms with Gasteiger partial charge in [0, 0.05) is 21.2 Å². The summed E-state index contributed by atoms with van der Waals surface area (Å²) in [4.78, 5) is 0. The largest absolute Gasteiger partial charge is 0.472 e. The third kappa shape index (κ3) is 2.89. The van der Waals surface area contributed by atoms with Gasteiger partial charge in [0.2, 0.25) is 5.60 Å². The fourth-order valence-electron chi connectivity index (χ4n) is 2.68. The molecule has 0 aliphatic carbocycles. The Labute approximate surface area is 147 Å². The van der Waals surface area contributed by atoms with Crippen LogP contribution in [0.2, 0.25) is 10.0 Å². The summed E-state index contributed by atoms with van der Waals surface area (Å²) in [6, 6.07) is 9.95. The molecule has 0 N–H and O–H groups in total. The molecule has 1 unspecified atom stereocenters. The second-order valence-electron chi connectivity index (χ2n) is 5.55. The predicted molar refractivity (Wildman–Crippen MR) is 90.6 cm³/mol. The van der Waals surface area contributed by atoms with E-state index in [1.807, 2.05) is 0 Å². The summed E-state index contributed by atoms with van der Waals surface area (Å²) in [6.45, 7) is 1.45. The van der Waals surface area contributed by atoms with Crippen LogP contribution in [0.5, 0.6) is 5.75 Å². The summed E-state index contributed by atoms with van der Waals surface area (Å²) in [7, 11) is 0. The molecule has 1 aliphatic heterocycles. The lowest BCUT2D eigenvalue weighted by Gasteiger charge is -2.36. The molecule has 0 bridgehead atoms. The molecule has 6 heteroatoms. The minimum atomic E-state index is -4.52. The van der Waals surface area contributed by atoms with Crippen molar-refractivity contribution in [2.45, 2.75) is 25.1 Å². The maximum atomic E-state index is 13.5. The van der Waals surface area contributed by atoms with E-state index in [-0.39, 0.29) is 12.2 Å².